The summed E-state index contributed by atoms with van der Waals surface area (Å²) in [5.41, 5.74) is 0. The van der Waals surface area contributed by atoms with Gasteiger partial charge < -0.3 is 14.4 Å². The Balaban J connectivity index is 4.10. The molecule has 0 fully saturated rings. The van der Waals surface area contributed by atoms with E-state index < -0.39 is 26.5 Å². The van der Waals surface area contributed by atoms with E-state index in [-0.39, 0.29) is 32.0 Å². The second kappa shape index (κ2) is 46.0. The number of hydrogen-bond donors (Lipinski definition) is 1. The van der Waals surface area contributed by atoms with Crippen molar-refractivity contribution in [2.24, 2.45) is 0 Å². The Hall–Kier alpha value is -2.51. The number of rotatable bonds is 44. The summed E-state index contributed by atoms with van der Waals surface area (Å²) in [6, 6.07) is 0. The number of ether oxygens (including phenoxy) is 2. The van der Waals surface area contributed by atoms with Gasteiger partial charge in [0.05, 0.1) is 13.2 Å². The molecule has 1 N–H and O–H groups in total. The second-order valence-electron chi connectivity index (χ2n) is 15.8. The van der Waals surface area contributed by atoms with E-state index in [4.69, 9.17) is 18.5 Å². The van der Waals surface area contributed by atoms with Gasteiger partial charge in [-0.3, -0.25) is 18.6 Å². The van der Waals surface area contributed by atoms with Crippen molar-refractivity contribution in [1.82, 2.24) is 0 Å². The minimum Gasteiger partial charge on any atom is -0.462 e. The Morgan fingerprint density at radius 1 is 0.467 bits per heavy atom. The third-order valence-electron chi connectivity index (χ3n) is 10.0. The minimum atomic E-state index is -4.31. The van der Waals surface area contributed by atoms with Crippen LogP contribution in [-0.2, 0) is 32.7 Å². The van der Waals surface area contributed by atoms with Crippen molar-refractivity contribution < 1.29 is 37.6 Å². The second-order valence-corrected chi connectivity index (χ2v) is 17.2. The van der Waals surface area contributed by atoms with Gasteiger partial charge in [0.1, 0.15) is 6.61 Å². The number of allylic oxidation sites excluding steroid dienone is 12. The maximum absolute atomic E-state index is 12.6. The molecule has 9 heteroatoms. The summed E-state index contributed by atoms with van der Waals surface area (Å²) < 4.78 is 32.6. The zero-order chi connectivity index (χ0) is 43.9. The summed E-state index contributed by atoms with van der Waals surface area (Å²) in [4.78, 5) is 34.8. The molecule has 0 aliphatic rings. The number of carbonyl (C=O) groups is 2. The highest BCUT2D eigenvalue weighted by molar-refractivity contribution is 7.47. The molecule has 0 heterocycles. The highest BCUT2D eigenvalue weighted by Crippen LogP contribution is 2.43. The molecule has 0 spiro atoms. The van der Waals surface area contributed by atoms with Crippen LogP contribution >= 0.6 is 7.82 Å². The maximum atomic E-state index is 12.6. The van der Waals surface area contributed by atoms with E-state index in [0.29, 0.717) is 6.42 Å². The third kappa shape index (κ3) is 45.0. The minimum absolute atomic E-state index is 0.0152. The average molecular weight is 861 g/mol. The number of unbranched alkanes of at least 4 members (excludes halogenated alkanes) is 20. The van der Waals surface area contributed by atoms with Gasteiger partial charge in [-0.2, -0.15) is 0 Å². The first-order valence-corrected chi connectivity index (χ1v) is 25.7. The molecule has 0 aromatic heterocycles. The lowest BCUT2D eigenvalue weighted by molar-refractivity contribution is -0.161. The third-order valence-corrected chi connectivity index (χ3v) is 11.1. The predicted octanol–water partition coefficient (Wildman–Crippen LogP) is 15.7. The Kier molecular flexibility index (Phi) is 44.1. The van der Waals surface area contributed by atoms with E-state index in [1.54, 1.807) is 6.92 Å². The molecule has 60 heavy (non-hydrogen) atoms. The quantitative estimate of drug-likeness (QED) is 0.0279. The molecule has 0 aliphatic carbocycles. The van der Waals surface area contributed by atoms with Gasteiger partial charge in [-0.15, -0.1) is 0 Å². The number of phosphoric ester groups is 1. The lowest BCUT2D eigenvalue weighted by Gasteiger charge is -2.19. The van der Waals surface area contributed by atoms with E-state index >= 15 is 0 Å². The van der Waals surface area contributed by atoms with Crippen molar-refractivity contribution in [2.75, 3.05) is 19.8 Å². The smallest absolute Gasteiger partial charge is 0.462 e. The summed E-state index contributed by atoms with van der Waals surface area (Å²) >= 11 is 0. The largest absolute Gasteiger partial charge is 0.472 e. The standard InChI is InChI=1S/C51H89O8P/c1-4-7-9-11-13-15-17-19-21-23-25-26-28-29-31-33-35-37-39-41-43-45-50(52)56-47-49(48-58-60(54,55)57-6-3)59-51(53)46-44-42-40-38-36-34-32-30-27-24-22-20-18-16-14-12-10-8-5-2/h8,10,14,16,20,22,27,30,34,36,40,42,49H,4-7,9,11-13,15,17-19,21,23-26,28-29,31-33,35,37-39,41,43-48H2,1-3H3,(H,54,55)/b10-8-,16-14-,22-20-,30-27-,36-34-,42-40-. The van der Waals surface area contributed by atoms with Crippen LogP contribution in [0.4, 0.5) is 0 Å². The van der Waals surface area contributed by atoms with Crippen LogP contribution in [0.5, 0.6) is 0 Å². The van der Waals surface area contributed by atoms with E-state index in [1.165, 1.54) is 116 Å². The molecular weight excluding hydrogens is 772 g/mol. The van der Waals surface area contributed by atoms with Crippen LogP contribution in [0.15, 0.2) is 72.9 Å². The van der Waals surface area contributed by atoms with Crippen molar-refractivity contribution in [2.45, 2.75) is 219 Å². The summed E-state index contributed by atoms with van der Waals surface area (Å²) in [6.07, 6.45) is 58.4. The molecule has 0 aliphatic heterocycles. The van der Waals surface area contributed by atoms with Crippen LogP contribution in [0.2, 0.25) is 0 Å². The van der Waals surface area contributed by atoms with Gasteiger partial charge in [-0.1, -0.05) is 215 Å². The molecule has 0 rings (SSSR count). The fourth-order valence-electron chi connectivity index (χ4n) is 6.54. The SMILES string of the molecule is CC/C=C\C/C=C\C/C=C\C/C=C\C/C=C\C/C=C\CCC(=O)OC(COC(=O)CCCCCCCCCCCCCCCCCCCCCCC)COP(=O)(O)OCC. The van der Waals surface area contributed by atoms with Gasteiger partial charge in [0.15, 0.2) is 6.10 Å². The van der Waals surface area contributed by atoms with Crippen LogP contribution in [0, 0.1) is 0 Å². The summed E-state index contributed by atoms with van der Waals surface area (Å²) in [5, 5.41) is 0. The maximum Gasteiger partial charge on any atom is 0.472 e. The summed E-state index contributed by atoms with van der Waals surface area (Å²) in [7, 11) is -4.31. The Bertz CT molecular complexity index is 1200. The molecule has 8 nitrogen and oxygen atoms in total. The topological polar surface area (TPSA) is 108 Å². The van der Waals surface area contributed by atoms with Gasteiger partial charge in [0.2, 0.25) is 0 Å². The summed E-state index contributed by atoms with van der Waals surface area (Å²) in [5.74, 6) is -0.892. The number of hydrogen-bond acceptors (Lipinski definition) is 7. The first-order chi connectivity index (χ1) is 29.3. The molecule has 0 radical (unpaired) electrons. The van der Waals surface area contributed by atoms with Crippen molar-refractivity contribution in [1.29, 1.82) is 0 Å². The Labute approximate surface area is 368 Å². The fourth-order valence-corrected chi connectivity index (χ4v) is 7.29. The Morgan fingerprint density at radius 3 is 1.25 bits per heavy atom. The summed E-state index contributed by atoms with van der Waals surface area (Å²) in [6.45, 7) is 5.30. The van der Waals surface area contributed by atoms with Gasteiger partial charge in [0, 0.05) is 12.8 Å². The van der Waals surface area contributed by atoms with E-state index in [2.05, 4.69) is 74.6 Å². The van der Waals surface area contributed by atoms with Crippen molar-refractivity contribution in [3.8, 4) is 0 Å². The molecule has 0 amide bonds. The lowest BCUT2D eigenvalue weighted by atomic mass is 10.0. The average Bonchev–Trinajstić information content (AvgIpc) is 3.23. The monoisotopic (exact) mass is 861 g/mol. The van der Waals surface area contributed by atoms with Crippen molar-refractivity contribution >= 4 is 19.8 Å². The van der Waals surface area contributed by atoms with Crippen LogP contribution in [0.1, 0.15) is 213 Å². The number of esters is 2. The molecule has 0 saturated heterocycles. The normalized spacial score (nSPS) is 13.9. The van der Waals surface area contributed by atoms with E-state index in [0.717, 1.165) is 57.8 Å². The Morgan fingerprint density at radius 2 is 0.850 bits per heavy atom. The first-order valence-electron chi connectivity index (χ1n) is 24.2. The number of carbonyl (C=O) groups excluding carboxylic acids is 2. The first kappa shape index (κ1) is 57.5. The highest BCUT2D eigenvalue weighted by Gasteiger charge is 2.25. The predicted molar refractivity (Wildman–Crippen MR) is 253 cm³/mol. The van der Waals surface area contributed by atoms with E-state index in [9.17, 15) is 19.0 Å². The molecule has 0 bridgehead atoms. The molecule has 2 unspecified atom stereocenters. The molecular formula is C51H89O8P. The van der Waals surface area contributed by atoms with Gasteiger partial charge in [0.25, 0.3) is 0 Å². The van der Waals surface area contributed by atoms with Gasteiger partial charge >= 0.3 is 19.8 Å². The number of phosphoric acid groups is 1. The van der Waals surface area contributed by atoms with Crippen LogP contribution in [0.25, 0.3) is 0 Å². The molecule has 346 valence electrons. The van der Waals surface area contributed by atoms with Crippen LogP contribution in [-0.4, -0.2) is 42.8 Å². The van der Waals surface area contributed by atoms with Crippen LogP contribution in [0.3, 0.4) is 0 Å². The molecule has 0 aromatic carbocycles. The van der Waals surface area contributed by atoms with Gasteiger partial charge in [-0.25, -0.2) is 4.57 Å². The van der Waals surface area contributed by atoms with Crippen LogP contribution < -0.4 is 0 Å². The zero-order valence-corrected chi connectivity index (χ0v) is 39.5. The van der Waals surface area contributed by atoms with E-state index in [1.807, 2.05) is 12.2 Å². The lowest BCUT2D eigenvalue weighted by Crippen LogP contribution is -2.29. The molecule has 2 atom stereocenters. The highest BCUT2D eigenvalue weighted by atomic mass is 31.2. The van der Waals surface area contributed by atoms with Gasteiger partial charge in [-0.05, 0) is 58.3 Å². The van der Waals surface area contributed by atoms with Crippen molar-refractivity contribution in [3.63, 3.8) is 0 Å². The molecule has 0 aromatic rings. The van der Waals surface area contributed by atoms with Crippen molar-refractivity contribution in [3.05, 3.63) is 72.9 Å². The zero-order valence-electron chi connectivity index (χ0n) is 38.6. The molecule has 0 saturated carbocycles. The fraction of sp³-hybridized carbons (Fsp3) is 0.725.